The third kappa shape index (κ3) is 3.84. The van der Waals surface area contributed by atoms with Crippen LogP contribution >= 0.6 is 0 Å². The molecule has 3 heterocycles. The van der Waals surface area contributed by atoms with Gasteiger partial charge in [0.05, 0.1) is 19.3 Å². The van der Waals surface area contributed by atoms with Gasteiger partial charge in [-0.3, -0.25) is 4.79 Å². The first-order chi connectivity index (χ1) is 15.4. The number of benzene rings is 1. The van der Waals surface area contributed by atoms with Gasteiger partial charge in [-0.25, -0.2) is 0 Å². The summed E-state index contributed by atoms with van der Waals surface area (Å²) in [5.74, 6) is 0.573. The Bertz CT molecular complexity index is 916. The standard InChI is InChI=1S/C26H34N2O4/c1-19(2)8-13-30-22-6-4-20(5-7-22)16-23-24(29)27(3)21-17-25(28(23)18-21)9-11-26(12-10-25)31-14-15-32-26/h4-8,16,21H,9-15,17-18H2,1-3H3/b23-16-/t21-/m0/s1. The number of allylic oxidation sites excluding steroid dienone is 1. The third-order valence-electron chi connectivity index (χ3n) is 7.64. The van der Waals surface area contributed by atoms with E-state index in [1.165, 1.54) is 5.57 Å². The molecular weight excluding hydrogens is 404 g/mol. The minimum absolute atomic E-state index is 0.0187. The van der Waals surface area contributed by atoms with Crippen molar-refractivity contribution in [1.29, 1.82) is 0 Å². The molecule has 1 aliphatic carbocycles. The van der Waals surface area contributed by atoms with Crippen LogP contribution in [0.3, 0.4) is 0 Å². The number of fused-ring (bicyclic) bond motifs is 3. The van der Waals surface area contributed by atoms with Crippen molar-refractivity contribution in [1.82, 2.24) is 9.80 Å². The lowest BCUT2D eigenvalue weighted by Gasteiger charge is -2.47. The van der Waals surface area contributed by atoms with Crippen LogP contribution in [0.5, 0.6) is 5.75 Å². The van der Waals surface area contributed by atoms with Crippen molar-refractivity contribution in [3.8, 4) is 5.75 Å². The summed E-state index contributed by atoms with van der Waals surface area (Å²) >= 11 is 0. The SMILES string of the molecule is CC(C)=CCOc1ccc(/C=C2/C(=O)N(C)[C@@H]3CN2C2(CCC4(CC2)OCCO4)C3)cc1. The fourth-order valence-electron chi connectivity index (χ4n) is 5.71. The summed E-state index contributed by atoms with van der Waals surface area (Å²) in [6.07, 6.45) is 8.94. The molecule has 1 aromatic carbocycles. The Morgan fingerprint density at radius 2 is 1.81 bits per heavy atom. The Kier molecular flexibility index (Phi) is 5.54. The molecule has 0 unspecified atom stereocenters. The predicted molar refractivity (Wildman–Crippen MR) is 123 cm³/mol. The largest absolute Gasteiger partial charge is 0.490 e. The first-order valence-electron chi connectivity index (χ1n) is 11.8. The summed E-state index contributed by atoms with van der Waals surface area (Å²) in [4.78, 5) is 17.6. The summed E-state index contributed by atoms with van der Waals surface area (Å²) in [7, 11) is 1.95. The number of amides is 1. The second-order valence-corrected chi connectivity index (χ2v) is 9.91. The number of hydrogen-bond donors (Lipinski definition) is 0. The van der Waals surface area contributed by atoms with E-state index in [0.717, 1.165) is 55.7 Å². The quantitative estimate of drug-likeness (QED) is 0.526. The number of ether oxygens (including phenoxy) is 3. The predicted octanol–water partition coefficient (Wildman–Crippen LogP) is 3.97. The lowest BCUT2D eigenvalue weighted by Crippen LogP contribution is -2.53. The van der Waals surface area contributed by atoms with Crippen LogP contribution in [0.2, 0.25) is 0 Å². The van der Waals surface area contributed by atoms with E-state index in [4.69, 9.17) is 14.2 Å². The highest BCUT2D eigenvalue weighted by molar-refractivity contribution is 5.98. The number of rotatable bonds is 4. The lowest BCUT2D eigenvalue weighted by molar-refractivity contribution is -0.190. The van der Waals surface area contributed by atoms with Gasteiger partial charge in [0, 0.05) is 32.0 Å². The number of likely N-dealkylation sites (N-methyl/N-ethyl adjacent to an activating group) is 1. The molecule has 172 valence electrons. The van der Waals surface area contributed by atoms with Crippen LogP contribution < -0.4 is 4.74 Å². The average Bonchev–Trinajstić information content (AvgIpc) is 3.37. The van der Waals surface area contributed by atoms with Gasteiger partial charge in [-0.05, 0) is 63.0 Å². The van der Waals surface area contributed by atoms with Crippen LogP contribution in [0, 0.1) is 0 Å². The number of nitrogens with zero attached hydrogens (tertiary/aromatic N) is 2. The van der Waals surface area contributed by atoms with Gasteiger partial charge in [-0.1, -0.05) is 17.7 Å². The monoisotopic (exact) mass is 438 g/mol. The van der Waals surface area contributed by atoms with Gasteiger partial charge in [0.1, 0.15) is 18.1 Å². The zero-order valence-corrected chi connectivity index (χ0v) is 19.4. The van der Waals surface area contributed by atoms with Crippen molar-refractivity contribution in [3.63, 3.8) is 0 Å². The summed E-state index contributed by atoms with van der Waals surface area (Å²) in [6.45, 7) is 6.99. The number of hydrogen-bond acceptors (Lipinski definition) is 5. The minimum atomic E-state index is -0.385. The summed E-state index contributed by atoms with van der Waals surface area (Å²) < 4.78 is 17.7. The Labute approximate surface area is 190 Å². The maximum absolute atomic E-state index is 13.3. The second kappa shape index (κ2) is 8.23. The first kappa shape index (κ1) is 21.5. The molecule has 1 atom stereocenters. The second-order valence-electron chi connectivity index (χ2n) is 9.91. The van der Waals surface area contributed by atoms with Crippen molar-refractivity contribution < 1.29 is 19.0 Å². The van der Waals surface area contributed by atoms with Crippen LogP contribution in [-0.2, 0) is 14.3 Å². The molecule has 5 rings (SSSR count). The van der Waals surface area contributed by atoms with Crippen LogP contribution in [0.15, 0.2) is 41.6 Å². The Hall–Kier alpha value is -2.31. The van der Waals surface area contributed by atoms with Crippen LogP contribution in [0.1, 0.15) is 51.5 Å². The molecule has 3 aliphatic heterocycles. The van der Waals surface area contributed by atoms with E-state index < -0.39 is 0 Å². The van der Waals surface area contributed by atoms with Gasteiger partial charge >= 0.3 is 0 Å². The van der Waals surface area contributed by atoms with Crippen LogP contribution in [0.25, 0.3) is 6.08 Å². The number of carbonyl (C=O) groups excluding carboxylic acids is 1. The highest BCUT2D eigenvalue weighted by Crippen LogP contribution is 2.51. The fraction of sp³-hybridized carbons (Fsp3) is 0.577. The van der Waals surface area contributed by atoms with Crippen molar-refractivity contribution in [3.05, 3.63) is 47.2 Å². The zero-order valence-electron chi connectivity index (χ0n) is 19.4. The van der Waals surface area contributed by atoms with E-state index in [1.807, 2.05) is 36.2 Å². The van der Waals surface area contributed by atoms with E-state index in [9.17, 15) is 4.79 Å². The molecule has 2 spiro atoms. The lowest BCUT2D eigenvalue weighted by atomic mass is 9.76. The number of piperazine rings is 1. The van der Waals surface area contributed by atoms with E-state index in [-0.39, 0.29) is 23.3 Å². The molecule has 4 aliphatic rings. The van der Waals surface area contributed by atoms with Gasteiger partial charge in [0.15, 0.2) is 5.79 Å². The minimum Gasteiger partial charge on any atom is -0.490 e. The molecule has 1 aromatic rings. The van der Waals surface area contributed by atoms with Crippen molar-refractivity contribution >= 4 is 12.0 Å². The average molecular weight is 439 g/mol. The van der Waals surface area contributed by atoms with Gasteiger partial charge < -0.3 is 24.0 Å². The summed E-state index contributed by atoms with van der Waals surface area (Å²) in [5, 5.41) is 0. The molecule has 0 radical (unpaired) electrons. The Morgan fingerprint density at radius 1 is 1.12 bits per heavy atom. The summed E-state index contributed by atoms with van der Waals surface area (Å²) in [5.41, 5.74) is 3.09. The zero-order chi connectivity index (χ0) is 22.3. The van der Waals surface area contributed by atoms with Crippen molar-refractivity contribution in [2.45, 2.75) is 63.3 Å². The van der Waals surface area contributed by atoms with Gasteiger partial charge in [-0.2, -0.15) is 0 Å². The first-order valence-corrected chi connectivity index (χ1v) is 11.8. The molecule has 1 amide bonds. The van der Waals surface area contributed by atoms with Gasteiger partial charge in [0.2, 0.25) is 0 Å². The molecule has 1 saturated carbocycles. The Balaban J connectivity index is 1.36. The van der Waals surface area contributed by atoms with Gasteiger partial charge in [-0.15, -0.1) is 0 Å². The molecule has 6 nitrogen and oxygen atoms in total. The van der Waals surface area contributed by atoms with E-state index >= 15 is 0 Å². The molecule has 4 fully saturated rings. The third-order valence-corrected chi connectivity index (χ3v) is 7.64. The number of carbonyl (C=O) groups is 1. The van der Waals surface area contributed by atoms with Gasteiger partial charge in [0.25, 0.3) is 5.91 Å². The van der Waals surface area contributed by atoms with Crippen molar-refractivity contribution in [2.24, 2.45) is 0 Å². The normalized spacial score (nSPS) is 26.9. The van der Waals surface area contributed by atoms with E-state index in [2.05, 4.69) is 30.9 Å². The molecule has 0 aromatic heterocycles. The topological polar surface area (TPSA) is 51.2 Å². The maximum atomic E-state index is 13.3. The summed E-state index contributed by atoms with van der Waals surface area (Å²) in [6, 6.07) is 8.30. The maximum Gasteiger partial charge on any atom is 0.270 e. The van der Waals surface area contributed by atoms with Crippen LogP contribution in [0.4, 0.5) is 0 Å². The van der Waals surface area contributed by atoms with Crippen LogP contribution in [-0.4, -0.2) is 66.5 Å². The molecule has 6 heteroatoms. The molecule has 3 saturated heterocycles. The highest BCUT2D eigenvalue weighted by Gasteiger charge is 2.57. The molecular formula is C26H34N2O4. The van der Waals surface area contributed by atoms with Crippen molar-refractivity contribution in [2.75, 3.05) is 33.4 Å². The highest BCUT2D eigenvalue weighted by atomic mass is 16.7. The Morgan fingerprint density at radius 3 is 2.47 bits per heavy atom. The van der Waals surface area contributed by atoms with E-state index in [0.29, 0.717) is 19.8 Å². The fourth-order valence-corrected chi connectivity index (χ4v) is 5.71. The molecule has 0 N–H and O–H groups in total. The van der Waals surface area contributed by atoms with E-state index in [1.54, 1.807) is 0 Å². The molecule has 2 bridgehead atoms. The molecule has 32 heavy (non-hydrogen) atoms. The smallest absolute Gasteiger partial charge is 0.270 e.